The fourth-order valence-electron chi connectivity index (χ4n) is 4.26. The maximum Gasteiger partial charge on any atom is 0.226 e. The Hall–Kier alpha value is -2.18. The van der Waals surface area contributed by atoms with E-state index in [1.807, 2.05) is 11.0 Å². The molecule has 1 aromatic carbocycles. The van der Waals surface area contributed by atoms with E-state index in [-0.39, 0.29) is 5.92 Å². The van der Waals surface area contributed by atoms with Gasteiger partial charge < -0.3 is 9.80 Å². The largest absolute Gasteiger partial charge is 0.352 e. The van der Waals surface area contributed by atoms with E-state index in [0.29, 0.717) is 17.1 Å². The first-order chi connectivity index (χ1) is 14.1. The number of hydrogen-bond donors (Lipinski definition) is 0. The zero-order valence-electron chi connectivity index (χ0n) is 16.3. The molecule has 0 unspecified atom stereocenters. The molecule has 1 aliphatic carbocycles. The summed E-state index contributed by atoms with van der Waals surface area (Å²) in [7, 11) is 0. The minimum absolute atomic E-state index is 0.146. The SMILES string of the molecule is CCc1cc2c(N3CCN(C(=O)[C@@H]4C[C@H]4c4ccccc4)CC3)nc(Cl)nc2s1. The van der Waals surface area contributed by atoms with Crippen LogP contribution in [0.25, 0.3) is 10.2 Å². The molecule has 5 rings (SSSR count). The third-order valence-electron chi connectivity index (χ3n) is 5.97. The molecule has 5 nitrogen and oxygen atoms in total. The van der Waals surface area contributed by atoms with Crippen LogP contribution in [0.4, 0.5) is 5.82 Å². The van der Waals surface area contributed by atoms with E-state index < -0.39 is 0 Å². The molecule has 0 N–H and O–H groups in total. The number of hydrogen-bond acceptors (Lipinski definition) is 5. The van der Waals surface area contributed by atoms with Crippen molar-refractivity contribution in [3.05, 3.63) is 52.1 Å². The normalized spacial score (nSPS) is 21.6. The van der Waals surface area contributed by atoms with Gasteiger partial charge in [-0.2, -0.15) is 4.98 Å². The number of aromatic nitrogens is 2. The molecular formula is C22H23ClN4OS. The lowest BCUT2D eigenvalue weighted by atomic mass is 10.1. The van der Waals surface area contributed by atoms with Crippen LogP contribution in [0, 0.1) is 5.92 Å². The molecule has 3 heterocycles. The highest BCUT2D eigenvalue weighted by Gasteiger charge is 2.46. The number of thiophene rings is 1. The summed E-state index contributed by atoms with van der Waals surface area (Å²) in [6, 6.07) is 12.6. The number of fused-ring (bicyclic) bond motifs is 1. The fraction of sp³-hybridized carbons (Fsp3) is 0.409. The summed E-state index contributed by atoms with van der Waals surface area (Å²) in [5, 5.41) is 1.36. The van der Waals surface area contributed by atoms with Crippen molar-refractivity contribution < 1.29 is 4.79 Å². The van der Waals surface area contributed by atoms with Crippen LogP contribution >= 0.6 is 22.9 Å². The molecule has 0 spiro atoms. The van der Waals surface area contributed by atoms with Crippen molar-refractivity contribution >= 4 is 44.9 Å². The van der Waals surface area contributed by atoms with Crippen molar-refractivity contribution in [1.82, 2.24) is 14.9 Å². The van der Waals surface area contributed by atoms with Gasteiger partial charge in [-0.1, -0.05) is 37.3 Å². The number of piperazine rings is 1. The van der Waals surface area contributed by atoms with Crippen LogP contribution < -0.4 is 4.90 Å². The van der Waals surface area contributed by atoms with Gasteiger partial charge in [-0.25, -0.2) is 4.98 Å². The number of anilines is 1. The molecular weight excluding hydrogens is 404 g/mol. The van der Waals surface area contributed by atoms with Gasteiger partial charge in [0.15, 0.2) is 0 Å². The van der Waals surface area contributed by atoms with Crippen molar-refractivity contribution in [3.63, 3.8) is 0 Å². The Morgan fingerprint density at radius 3 is 2.66 bits per heavy atom. The summed E-state index contributed by atoms with van der Waals surface area (Å²) in [6.45, 7) is 5.14. The molecule has 3 aromatic rings. The predicted molar refractivity (Wildman–Crippen MR) is 118 cm³/mol. The number of aryl methyl sites for hydroxylation is 1. The molecule has 7 heteroatoms. The molecule has 1 aliphatic heterocycles. The van der Waals surface area contributed by atoms with E-state index in [1.54, 1.807) is 11.3 Å². The van der Waals surface area contributed by atoms with E-state index in [4.69, 9.17) is 11.6 Å². The highest BCUT2D eigenvalue weighted by atomic mass is 35.5. The maximum atomic E-state index is 13.0. The van der Waals surface area contributed by atoms with Crippen molar-refractivity contribution in [3.8, 4) is 0 Å². The number of nitrogens with zero attached hydrogens (tertiary/aromatic N) is 4. The summed E-state index contributed by atoms with van der Waals surface area (Å²) in [6.07, 6.45) is 1.95. The number of carbonyl (C=O) groups excluding carboxylic acids is 1. The monoisotopic (exact) mass is 426 g/mol. The minimum atomic E-state index is 0.146. The first-order valence-electron chi connectivity index (χ1n) is 10.2. The van der Waals surface area contributed by atoms with Crippen LogP contribution in [0.1, 0.15) is 29.7 Å². The average Bonchev–Trinajstić information content (AvgIpc) is 3.45. The first kappa shape index (κ1) is 18.8. The Labute approximate surface area is 179 Å². The third kappa shape index (κ3) is 3.60. The van der Waals surface area contributed by atoms with Gasteiger partial charge in [0, 0.05) is 37.0 Å². The lowest BCUT2D eigenvalue weighted by molar-refractivity contribution is -0.132. The summed E-state index contributed by atoms with van der Waals surface area (Å²) >= 11 is 7.87. The third-order valence-corrected chi connectivity index (χ3v) is 7.31. The Kier molecular flexibility index (Phi) is 4.92. The molecule has 1 saturated heterocycles. The molecule has 1 saturated carbocycles. The van der Waals surface area contributed by atoms with Gasteiger partial charge in [-0.15, -0.1) is 11.3 Å². The maximum absolute atomic E-state index is 13.0. The van der Waals surface area contributed by atoms with E-state index >= 15 is 0 Å². The van der Waals surface area contributed by atoms with Crippen LogP contribution in [-0.4, -0.2) is 47.0 Å². The second-order valence-corrected chi connectivity index (χ2v) is 9.23. The average molecular weight is 427 g/mol. The second kappa shape index (κ2) is 7.58. The molecule has 150 valence electrons. The lowest BCUT2D eigenvalue weighted by Gasteiger charge is -2.35. The number of amides is 1. The first-order valence-corrected chi connectivity index (χ1v) is 11.4. The van der Waals surface area contributed by atoms with Crippen LogP contribution in [0.5, 0.6) is 0 Å². The Morgan fingerprint density at radius 2 is 1.93 bits per heavy atom. The van der Waals surface area contributed by atoms with Gasteiger partial charge in [-0.05, 0) is 42.0 Å². The van der Waals surface area contributed by atoms with Gasteiger partial charge in [0.1, 0.15) is 10.6 Å². The molecule has 2 aromatic heterocycles. The van der Waals surface area contributed by atoms with E-state index in [0.717, 1.165) is 55.1 Å². The number of rotatable bonds is 4. The molecule has 0 bridgehead atoms. The molecule has 1 amide bonds. The highest BCUT2D eigenvalue weighted by Crippen LogP contribution is 2.48. The van der Waals surface area contributed by atoms with E-state index in [2.05, 4.69) is 52.1 Å². The zero-order valence-corrected chi connectivity index (χ0v) is 17.9. The number of carbonyl (C=O) groups is 1. The predicted octanol–water partition coefficient (Wildman–Crippen LogP) is 4.36. The smallest absolute Gasteiger partial charge is 0.226 e. The Balaban J connectivity index is 1.27. The zero-order chi connectivity index (χ0) is 20.0. The van der Waals surface area contributed by atoms with E-state index in [1.165, 1.54) is 10.4 Å². The van der Waals surface area contributed by atoms with Crippen molar-refractivity contribution in [2.45, 2.75) is 25.7 Å². The quantitative estimate of drug-likeness (QED) is 0.581. The highest BCUT2D eigenvalue weighted by molar-refractivity contribution is 7.18. The van der Waals surface area contributed by atoms with Crippen molar-refractivity contribution in [2.24, 2.45) is 5.92 Å². The second-order valence-electron chi connectivity index (χ2n) is 7.77. The fourth-order valence-corrected chi connectivity index (χ4v) is 5.43. The van der Waals surface area contributed by atoms with Crippen LogP contribution in [0.2, 0.25) is 5.28 Å². The van der Waals surface area contributed by atoms with Crippen LogP contribution in [0.3, 0.4) is 0 Å². The summed E-state index contributed by atoms with van der Waals surface area (Å²) < 4.78 is 0. The molecule has 2 atom stereocenters. The van der Waals surface area contributed by atoms with Crippen molar-refractivity contribution in [2.75, 3.05) is 31.1 Å². The summed E-state index contributed by atoms with van der Waals surface area (Å²) in [5.74, 6) is 1.73. The minimum Gasteiger partial charge on any atom is -0.352 e. The van der Waals surface area contributed by atoms with Gasteiger partial charge in [0.25, 0.3) is 0 Å². The van der Waals surface area contributed by atoms with Crippen LogP contribution in [-0.2, 0) is 11.2 Å². The van der Waals surface area contributed by atoms with Gasteiger partial charge in [-0.3, -0.25) is 4.79 Å². The van der Waals surface area contributed by atoms with E-state index in [9.17, 15) is 4.79 Å². The summed E-state index contributed by atoms with van der Waals surface area (Å²) in [4.78, 5) is 28.4. The van der Waals surface area contributed by atoms with Gasteiger partial charge in [0.2, 0.25) is 11.2 Å². The standard InChI is InChI=1S/C22H23ClN4OS/c1-2-15-12-18-19(24-22(23)25-20(18)29-15)26-8-10-27(11-9-26)21(28)17-13-16(17)14-6-4-3-5-7-14/h3-7,12,16-17H,2,8-11,13H2,1H3/t16-,17+/m0/s1. The van der Waals surface area contributed by atoms with Crippen molar-refractivity contribution in [1.29, 1.82) is 0 Å². The Bertz CT molecular complexity index is 1050. The topological polar surface area (TPSA) is 49.3 Å². The molecule has 2 fully saturated rings. The molecule has 29 heavy (non-hydrogen) atoms. The summed E-state index contributed by atoms with van der Waals surface area (Å²) in [5.41, 5.74) is 1.28. The molecule has 2 aliphatic rings. The van der Waals surface area contributed by atoms with Crippen LogP contribution in [0.15, 0.2) is 36.4 Å². The number of benzene rings is 1. The Morgan fingerprint density at radius 1 is 1.17 bits per heavy atom. The lowest BCUT2D eigenvalue weighted by Crippen LogP contribution is -2.49. The number of halogens is 1. The van der Waals surface area contributed by atoms with Gasteiger partial charge in [0.05, 0.1) is 5.39 Å². The van der Waals surface area contributed by atoms with Gasteiger partial charge >= 0.3 is 0 Å². The molecule has 0 radical (unpaired) electrons.